The van der Waals surface area contributed by atoms with Gasteiger partial charge in [0, 0.05) is 19.3 Å². The summed E-state index contributed by atoms with van der Waals surface area (Å²) in [5.41, 5.74) is 0. The molecule has 1 aliphatic heterocycles. The van der Waals surface area contributed by atoms with Crippen LogP contribution < -0.4 is 4.90 Å². The van der Waals surface area contributed by atoms with Crippen LogP contribution in [0.2, 0.25) is 0 Å². The fourth-order valence-electron chi connectivity index (χ4n) is 1.96. The third-order valence-electron chi connectivity index (χ3n) is 3.06. The predicted molar refractivity (Wildman–Crippen MR) is 63.4 cm³/mol. The molecule has 4 heteroatoms. The molecule has 2 rings (SSSR count). The maximum atomic E-state index is 9.43. The Morgan fingerprint density at radius 3 is 3.07 bits per heavy atom. The van der Waals surface area contributed by atoms with Gasteiger partial charge in [0.15, 0.2) is 5.13 Å². The second-order valence-corrected chi connectivity index (χ2v) is 5.27. The van der Waals surface area contributed by atoms with E-state index in [1.807, 2.05) is 0 Å². The molecule has 0 bridgehead atoms. The van der Waals surface area contributed by atoms with E-state index in [9.17, 15) is 5.11 Å². The number of thiazole rings is 1. The Morgan fingerprint density at radius 1 is 1.73 bits per heavy atom. The second kappa shape index (κ2) is 4.49. The van der Waals surface area contributed by atoms with Crippen LogP contribution in [0.25, 0.3) is 0 Å². The van der Waals surface area contributed by atoms with Crippen molar-refractivity contribution in [2.45, 2.75) is 32.8 Å². The summed E-state index contributed by atoms with van der Waals surface area (Å²) in [5.74, 6) is 0.823. The molecular weight excluding hydrogens is 208 g/mol. The number of hydrogen-bond donors (Lipinski definition) is 1. The van der Waals surface area contributed by atoms with Crippen molar-refractivity contribution >= 4 is 16.5 Å². The van der Waals surface area contributed by atoms with E-state index in [1.54, 1.807) is 24.5 Å². The van der Waals surface area contributed by atoms with Crippen LogP contribution in [0.4, 0.5) is 5.13 Å². The first-order valence-corrected chi connectivity index (χ1v) is 6.41. The van der Waals surface area contributed by atoms with E-state index >= 15 is 0 Å². The Labute approximate surface area is 94.8 Å². The molecule has 2 heterocycles. The number of aliphatic hydroxyl groups is 1. The molecule has 1 aromatic heterocycles. The van der Waals surface area contributed by atoms with Gasteiger partial charge in [0.1, 0.15) is 0 Å². The summed E-state index contributed by atoms with van der Waals surface area (Å²) in [6, 6.07) is 0. The van der Waals surface area contributed by atoms with Crippen LogP contribution in [-0.2, 0) is 0 Å². The summed E-state index contributed by atoms with van der Waals surface area (Å²) in [6.45, 7) is 6.28. The van der Waals surface area contributed by atoms with Crippen LogP contribution in [0.1, 0.15) is 37.7 Å². The Balaban J connectivity index is 2.04. The van der Waals surface area contributed by atoms with Gasteiger partial charge in [-0.05, 0) is 19.3 Å². The average Bonchev–Trinajstić information content (AvgIpc) is 2.86. The fourth-order valence-corrected chi connectivity index (χ4v) is 2.84. The number of rotatable bonds is 3. The first kappa shape index (κ1) is 10.9. The highest BCUT2D eigenvalue weighted by Crippen LogP contribution is 2.31. The van der Waals surface area contributed by atoms with E-state index in [4.69, 9.17) is 0 Å². The maximum absolute atomic E-state index is 9.43. The molecule has 1 aromatic rings. The third kappa shape index (κ3) is 2.32. The normalized spacial score (nSPS) is 23.4. The van der Waals surface area contributed by atoms with Crippen molar-refractivity contribution in [1.82, 2.24) is 4.98 Å². The zero-order valence-corrected chi connectivity index (χ0v) is 10.1. The van der Waals surface area contributed by atoms with E-state index in [0.717, 1.165) is 29.0 Å². The number of anilines is 1. The molecule has 3 nitrogen and oxygen atoms in total. The van der Waals surface area contributed by atoms with E-state index in [-0.39, 0.29) is 6.10 Å². The quantitative estimate of drug-likeness (QED) is 0.860. The number of nitrogens with zero attached hydrogens (tertiary/aromatic N) is 2. The molecule has 2 unspecified atom stereocenters. The van der Waals surface area contributed by atoms with Crippen LogP contribution in [-0.4, -0.2) is 23.2 Å². The van der Waals surface area contributed by atoms with Crippen molar-refractivity contribution in [3.63, 3.8) is 0 Å². The third-order valence-corrected chi connectivity index (χ3v) is 4.29. The molecule has 1 fully saturated rings. The Kier molecular flexibility index (Phi) is 3.26. The van der Waals surface area contributed by atoms with E-state index in [1.165, 1.54) is 12.8 Å². The minimum atomic E-state index is -0.388. The largest absolute Gasteiger partial charge is 0.388 e. The minimum Gasteiger partial charge on any atom is -0.388 e. The van der Waals surface area contributed by atoms with Crippen LogP contribution >= 0.6 is 11.3 Å². The smallest absolute Gasteiger partial charge is 0.185 e. The Morgan fingerprint density at radius 2 is 2.53 bits per heavy atom. The zero-order valence-electron chi connectivity index (χ0n) is 9.31. The van der Waals surface area contributed by atoms with Crippen LogP contribution in [0.5, 0.6) is 0 Å². The van der Waals surface area contributed by atoms with Crippen LogP contribution in [0.15, 0.2) is 6.20 Å². The predicted octanol–water partition coefficient (Wildman–Crippen LogP) is 2.43. The number of aromatic nitrogens is 1. The molecular formula is C11H18N2OS. The number of hydrogen-bond acceptors (Lipinski definition) is 4. The maximum Gasteiger partial charge on any atom is 0.185 e. The first-order chi connectivity index (χ1) is 7.20. The highest BCUT2D eigenvalue weighted by atomic mass is 32.1. The van der Waals surface area contributed by atoms with Crippen molar-refractivity contribution in [2.24, 2.45) is 5.92 Å². The van der Waals surface area contributed by atoms with Gasteiger partial charge in [0.2, 0.25) is 0 Å². The van der Waals surface area contributed by atoms with Gasteiger partial charge in [-0.1, -0.05) is 24.7 Å². The molecule has 2 atom stereocenters. The molecule has 0 radical (unpaired) electrons. The Hall–Kier alpha value is -0.610. The molecule has 84 valence electrons. The molecule has 0 spiro atoms. The lowest BCUT2D eigenvalue weighted by atomic mass is 10.1. The molecule has 0 saturated carbocycles. The second-order valence-electron chi connectivity index (χ2n) is 4.23. The molecule has 0 amide bonds. The Bertz CT molecular complexity index is 324. The summed E-state index contributed by atoms with van der Waals surface area (Å²) < 4.78 is 0. The lowest BCUT2D eigenvalue weighted by Crippen LogP contribution is -2.18. The monoisotopic (exact) mass is 226 g/mol. The molecule has 1 aliphatic rings. The highest BCUT2D eigenvalue weighted by molar-refractivity contribution is 7.15. The SMILES string of the molecule is CCC1CCN(c2ncc(C(C)O)s2)C1. The average molecular weight is 226 g/mol. The standard InChI is InChI=1S/C11H18N2OS/c1-3-9-4-5-13(7-9)11-12-6-10(15-11)8(2)14/h6,8-9,14H,3-5,7H2,1-2H3. The molecule has 1 N–H and O–H groups in total. The summed E-state index contributed by atoms with van der Waals surface area (Å²) in [5, 5.41) is 10.5. The minimum absolute atomic E-state index is 0.388. The van der Waals surface area contributed by atoms with Gasteiger partial charge in [-0.25, -0.2) is 4.98 Å². The summed E-state index contributed by atoms with van der Waals surface area (Å²) in [7, 11) is 0. The van der Waals surface area contributed by atoms with Crippen molar-refractivity contribution in [2.75, 3.05) is 18.0 Å². The molecule has 1 saturated heterocycles. The van der Waals surface area contributed by atoms with Gasteiger partial charge in [0.25, 0.3) is 0 Å². The van der Waals surface area contributed by atoms with Gasteiger partial charge >= 0.3 is 0 Å². The van der Waals surface area contributed by atoms with E-state index in [0.29, 0.717) is 0 Å². The van der Waals surface area contributed by atoms with Crippen molar-refractivity contribution < 1.29 is 5.11 Å². The van der Waals surface area contributed by atoms with Gasteiger partial charge < -0.3 is 10.0 Å². The van der Waals surface area contributed by atoms with Crippen molar-refractivity contribution in [3.8, 4) is 0 Å². The molecule has 0 aromatic carbocycles. The van der Waals surface area contributed by atoms with Gasteiger partial charge in [-0.15, -0.1) is 0 Å². The van der Waals surface area contributed by atoms with Crippen LogP contribution in [0, 0.1) is 5.92 Å². The zero-order chi connectivity index (χ0) is 10.8. The molecule has 0 aliphatic carbocycles. The lowest BCUT2D eigenvalue weighted by Gasteiger charge is -2.14. The van der Waals surface area contributed by atoms with Gasteiger partial charge in [-0.2, -0.15) is 0 Å². The van der Waals surface area contributed by atoms with Gasteiger partial charge in [-0.3, -0.25) is 0 Å². The topological polar surface area (TPSA) is 36.4 Å². The summed E-state index contributed by atoms with van der Waals surface area (Å²) in [4.78, 5) is 7.67. The van der Waals surface area contributed by atoms with E-state index < -0.39 is 0 Å². The fraction of sp³-hybridized carbons (Fsp3) is 0.727. The number of aliphatic hydroxyl groups excluding tert-OH is 1. The summed E-state index contributed by atoms with van der Waals surface area (Å²) >= 11 is 1.62. The first-order valence-electron chi connectivity index (χ1n) is 5.59. The molecule has 15 heavy (non-hydrogen) atoms. The van der Waals surface area contributed by atoms with Crippen molar-refractivity contribution in [1.29, 1.82) is 0 Å². The van der Waals surface area contributed by atoms with E-state index in [2.05, 4.69) is 16.8 Å². The summed E-state index contributed by atoms with van der Waals surface area (Å²) in [6.07, 6.45) is 3.94. The van der Waals surface area contributed by atoms with Crippen LogP contribution in [0.3, 0.4) is 0 Å². The van der Waals surface area contributed by atoms with Crippen molar-refractivity contribution in [3.05, 3.63) is 11.1 Å². The van der Waals surface area contributed by atoms with Gasteiger partial charge in [0.05, 0.1) is 11.0 Å². The highest BCUT2D eigenvalue weighted by Gasteiger charge is 2.23. The lowest BCUT2D eigenvalue weighted by molar-refractivity contribution is 0.203.